The van der Waals surface area contributed by atoms with E-state index in [4.69, 9.17) is 14.2 Å². The van der Waals surface area contributed by atoms with E-state index in [2.05, 4.69) is 23.2 Å². The predicted molar refractivity (Wildman–Crippen MR) is 116 cm³/mol. The van der Waals surface area contributed by atoms with E-state index in [9.17, 15) is 0 Å². The predicted octanol–water partition coefficient (Wildman–Crippen LogP) is 6.33. The van der Waals surface area contributed by atoms with Gasteiger partial charge < -0.3 is 19.2 Å². The normalized spacial score (nSPS) is 18.5. The Morgan fingerprint density at radius 1 is 0.767 bits per heavy atom. The highest BCUT2D eigenvalue weighted by atomic mass is 16.7. The van der Waals surface area contributed by atoms with Crippen LogP contribution >= 0.6 is 0 Å². The molecule has 3 heterocycles. The van der Waals surface area contributed by atoms with Crippen LogP contribution < -0.4 is 9.47 Å². The minimum atomic E-state index is -0.499. The molecule has 146 valence electrons. The second-order valence-corrected chi connectivity index (χ2v) is 7.34. The molecular weight excluding hydrogens is 374 g/mol. The molecule has 6 rings (SSSR count). The van der Waals surface area contributed by atoms with Crippen molar-refractivity contribution in [3.63, 3.8) is 0 Å². The number of H-pyrrole nitrogens is 1. The Kier molecular flexibility index (Phi) is 3.96. The fraction of sp³-hybridized carbons (Fsp3) is 0.0769. The number of hydrogen-bond acceptors (Lipinski definition) is 3. The highest BCUT2D eigenvalue weighted by molar-refractivity contribution is 5.71. The zero-order valence-corrected chi connectivity index (χ0v) is 16.1. The average molecular weight is 393 g/mol. The Balaban J connectivity index is 1.45. The number of para-hydroxylation sites is 2. The number of nitrogens with one attached hydrogen (secondary N) is 1. The van der Waals surface area contributed by atoms with Crippen LogP contribution in [0.2, 0.25) is 0 Å². The molecule has 0 saturated carbocycles. The molecule has 0 amide bonds. The van der Waals surface area contributed by atoms with Gasteiger partial charge in [-0.3, -0.25) is 0 Å². The number of aromatic nitrogens is 1. The van der Waals surface area contributed by atoms with Crippen molar-refractivity contribution in [3.05, 3.63) is 108 Å². The van der Waals surface area contributed by atoms with Crippen LogP contribution in [0.25, 0.3) is 17.3 Å². The Hall–Kier alpha value is -3.76. The lowest BCUT2D eigenvalue weighted by Crippen LogP contribution is -2.25. The van der Waals surface area contributed by atoms with Gasteiger partial charge in [0.1, 0.15) is 23.4 Å². The highest BCUT2D eigenvalue weighted by Gasteiger charge is 2.33. The average Bonchev–Trinajstić information content (AvgIpc) is 3.33. The molecule has 2 atom stereocenters. The maximum Gasteiger partial charge on any atom is 0.220 e. The van der Waals surface area contributed by atoms with Gasteiger partial charge in [0.05, 0.1) is 0 Å². The zero-order chi connectivity index (χ0) is 19.9. The van der Waals surface area contributed by atoms with Gasteiger partial charge in [0.2, 0.25) is 6.29 Å². The summed E-state index contributed by atoms with van der Waals surface area (Å²) in [4.78, 5) is 3.31. The van der Waals surface area contributed by atoms with E-state index in [1.165, 1.54) is 0 Å². The Morgan fingerprint density at radius 3 is 2.50 bits per heavy atom. The van der Waals surface area contributed by atoms with Gasteiger partial charge in [-0.05, 0) is 42.5 Å². The lowest BCUT2D eigenvalue weighted by atomic mass is 9.91. The molecular formula is C26H19NO3. The summed E-state index contributed by atoms with van der Waals surface area (Å²) in [5.41, 5.74) is 5.11. The van der Waals surface area contributed by atoms with Gasteiger partial charge in [-0.15, -0.1) is 0 Å². The maximum absolute atomic E-state index is 6.58. The van der Waals surface area contributed by atoms with Crippen LogP contribution in [0.5, 0.6) is 17.2 Å². The van der Waals surface area contributed by atoms with E-state index in [0.717, 1.165) is 45.2 Å². The SMILES string of the molecule is C1=CC(OC2c3ccccc3Oc3cccc(-c4ccc[nH]4)c32)Oc2ccccc21. The molecule has 0 bridgehead atoms. The van der Waals surface area contributed by atoms with Gasteiger partial charge in [-0.1, -0.05) is 48.5 Å². The van der Waals surface area contributed by atoms with Crippen LogP contribution in [-0.2, 0) is 4.74 Å². The zero-order valence-electron chi connectivity index (χ0n) is 16.1. The lowest BCUT2D eigenvalue weighted by Gasteiger charge is -2.32. The van der Waals surface area contributed by atoms with E-state index in [1.807, 2.05) is 79.0 Å². The molecule has 0 spiro atoms. The monoisotopic (exact) mass is 393 g/mol. The summed E-state index contributed by atoms with van der Waals surface area (Å²) in [5, 5.41) is 0. The summed E-state index contributed by atoms with van der Waals surface area (Å²) in [6.45, 7) is 0. The number of fused-ring (bicyclic) bond motifs is 3. The van der Waals surface area contributed by atoms with Crippen LogP contribution in [-0.4, -0.2) is 11.3 Å². The first-order chi connectivity index (χ1) is 14.9. The largest absolute Gasteiger partial charge is 0.461 e. The summed E-state index contributed by atoms with van der Waals surface area (Å²) in [7, 11) is 0. The van der Waals surface area contributed by atoms with Crippen molar-refractivity contribution in [1.82, 2.24) is 4.98 Å². The van der Waals surface area contributed by atoms with Crippen molar-refractivity contribution >= 4 is 6.08 Å². The summed E-state index contributed by atoms with van der Waals surface area (Å²) in [5.74, 6) is 2.42. The molecule has 0 fully saturated rings. The topological polar surface area (TPSA) is 43.5 Å². The van der Waals surface area contributed by atoms with Gasteiger partial charge in [-0.2, -0.15) is 0 Å². The third kappa shape index (κ3) is 2.81. The quantitative estimate of drug-likeness (QED) is 0.443. The fourth-order valence-electron chi connectivity index (χ4n) is 4.12. The molecule has 3 aromatic carbocycles. The van der Waals surface area contributed by atoms with Gasteiger partial charge in [0, 0.05) is 34.1 Å². The van der Waals surface area contributed by atoms with Crippen LogP contribution in [0.1, 0.15) is 22.8 Å². The van der Waals surface area contributed by atoms with Gasteiger partial charge >= 0.3 is 0 Å². The molecule has 2 aliphatic heterocycles. The van der Waals surface area contributed by atoms with E-state index >= 15 is 0 Å². The van der Waals surface area contributed by atoms with E-state index in [0.29, 0.717) is 0 Å². The molecule has 0 aliphatic carbocycles. The van der Waals surface area contributed by atoms with Crippen molar-refractivity contribution in [2.75, 3.05) is 0 Å². The Labute approximate surface area is 174 Å². The molecule has 1 N–H and O–H groups in total. The van der Waals surface area contributed by atoms with E-state index in [1.54, 1.807) is 0 Å². The molecule has 4 heteroatoms. The van der Waals surface area contributed by atoms with Crippen LogP contribution in [0.15, 0.2) is 91.1 Å². The van der Waals surface area contributed by atoms with Gasteiger partial charge in [0.25, 0.3) is 0 Å². The van der Waals surface area contributed by atoms with E-state index in [-0.39, 0.29) is 6.10 Å². The Bertz CT molecular complexity index is 1240. The van der Waals surface area contributed by atoms with Gasteiger partial charge in [0.15, 0.2) is 0 Å². The Morgan fingerprint density at radius 2 is 1.60 bits per heavy atom. The molecule has 4 nitrogen and oxygen atoms in total. The second-order valence-electron chi connectivity index (χ2n) is 7.34. The van der Waals surface area contributed by atoms with Crippen LogP contribution in [0.4, 0.5) is 0 Å². The van der Waals surface area contributed by atoms with Crippen LogP contribution in [0.3, 0.4) is 0 Å². The first-order valence-electron chi connectivity index (χ1n) is 9.99. The molecule has 0 saturated heterocycles. The lowest BCUT2D eigenvalue weighted by molar-refractivity contribution is -0.0797. The number of aromatic amines is 1. The van der Waals surface area contributed by atoms with Crippen molar-refractivity contribution in [3.8, 4) is 28.5 Å². The maximum atomic E-state index is 6.58. The van der Waals surface area contributed by atoms with Crippen molar-refractivity contribution in [2.24, 2.45) is 0 Å². The van der Waals surface area contributed by atoms with Crippen molar-refractivity contribution in [2.45, 2.75) is 12.4 Å². The van der Waals surface area contributed by atoms with Crippen LogP contribution in [0, 0.1) is 0 Å². The molecule has 2 unspecified atom stereocenters. The van der Waals surface area contributed by atoms with E-state index < -0.39 is 6.29 Å². The van der Waals surface area contributed by atoms with Crippen molar-refractivity contribution < 1.29 is 14.2 Å². The summed E-state index contributed by atoms with van der Waals surface area (Å²) in [6, 6.07) is 26.1. The highest BCUT2D eigenvalue weighted by Crippen LogP contribution is 2.49. The standard InChI is InChI=1S/C26H19NO3/c1-3-11-21-17(7-1)14-15-24(29-21)30-26-19-8-2-4-12-22(19)28-23-13-5-9-18(25(23)26)20-10-6-16-27-20/h1-16,24,26-27H. The fourth-order valence-corrected chi connectivity index (χ4v) is 4.12. The summed E-state index contributed by atoms with van der Waals surface area (Å²) in [6.07, 6.45) is 5.10. The first kappa shape index (κ1) is 17.1. The first-order valence-corrected chi connectivity index (χ1v) is 9.99. The molecule has 2 aliphatic rings. The minimum absolute atomic E-state index is 0.329. The summed E-state index contributed by atoms with van der Waals surface area (Å²) >= 11 is 0. The smallest absolute Gasteiger partial charge is 0.220 e. The number of ether oxygens (including phenoxy) is 3. The minimum Gasteiger partial charge on any atom is -0.461 e. The number of benzene rings is 3. The van der Waals surface area contributed by atoms with Crippen molar-refractivity contribution in [1.29, 1.82) is 0 Å². The number of rotatable bonds is 3. The third-order valence-electron chi connectivity index (χ3n) is 5.50. The third-order valence-corrected chi connectivity index (χ3v) is 5.50. The molecule has 1 aromatic heterocycles. The molecule has 4 aromatic rings. The van der Waals surface area contributed by atoms with Gasteiger partial charge in [-0.25, -0.2) is 0 Å². The summed E-state index contributed by atoms with van der Waals surface area (Å²) < 4.78 is 19.0. The molecule has 30 heavy (non-hydrogen) atoms. The second kappa shape index (κ2) is 6.94. The number of hydrogen-bond donors (Lipinski definition) is 1. The molecule has 0 radical (unpaired) electrons.